The summed E-state index contributed by atoms with van der Waals surface area (Å²) in [7, 11) is 3.17. The summed E-state index contributed by atoms with van der Waals surface area (Å²) in [5.74, 6) is 1.26. The molecule has 2 N–H and O–H groups in total. The lowest BCUT2D eigenvalue weighted by molar-refractivity contribution is 0.209. The van der Waals surface area contributed by atoms with Crippen LogP contribution in [0.2, 0.25) is 5.02 Å². The van der Waals surface area contributed by atoms with Crippen LogP contribution in [0, 0.1) is 13.8 Å². The van der Waals surface area contributed by atoms with Gasteiger partial charge in [-0.2, -0.15) is 0 Å². The Hall–Kier alpha value is -3.97. The van der Waals surface area contributed by atoms with Crippen molar-refractivity contribution in [3.8, 4) is 11.5 Å². The lowest BCUT2D eigenvalue weighted by atomic mass is 10.0. The predicted molar refractivity (Wildman–Crippen MR) is 148 cm³/mol. The van der Waals surface area contributed by atoms with Crippen molar-refractivity contribution < 1.29 is 14.3 Å². The summed E-state index contributed by atoms with van der Waals surface area (Å²) in [6.45, 7) is 4.57. The zero-order valence-corrected chi connectivity index (χ0v) is 22.1. The molecule has 0 aliphatic heterocycles. The third-order valence-corrected chi connectivity index (χ3v) is 6.65. The molecule has 2 amide bonds. The molecule has 8 heteroatoms. The molecule has 0 saturated heterocycles. The van der Waals surface area contributed by atoms with Gasteiger partial charge in [0.1, 0.15) is 0 Å². The third-order valence-electron chi connectivity index (χ3n) is 6.40. The Morgan fingerprint density at radius 1 is 0.946 bits per heavy atom. The minimum absolute atomic E-state index is 0.144. The Bertz CT molecular complexity index is 1480. The fraction of sp³-hybridized carbons (Fsp3) is 0.241. The SMILES string of the molecule is COc1ccc(CCN(Cc2cc3cc(C)c(C)cc3[nH]c2=O)C(=O)Nc2ccc(Cl)cc2)cc1OC. The van der Waals surface area contributed by atoms with Crippen molar-refractivity contribution >= 4 is 34.2 Å². The fourth-order valence-electron chi connectivity index (χ4n) is 4.13. The number of rotatable bonds is 8. The molecule has 4 aromatic rings. The minimum Gasteiger partial charge on any atom is -0.493 e. The molecular weight excluding hydrogens is 490 g/mol. The molecule has 1 aromatic heterocycles. The van der Waals surface area contributed by atoms with E-state index in [2.05, 4.69) is 10.3 Å². The van der Waals surface area contributed by atoms with Gasteiger partial charge in [0.05, 0.1) is 20.8 Å². The van der Waals surface area contributed by atoms with Gasteiger partial charge in [0.2, 0.25) is 0 Å². The molecule has 0 atom stereocenters. The van der Waals surface area contributed by atoms with Crippen LogP contribution in [0.1, 0.15) is 22.3 Å². The molecule has 0 aliphatic rings. The number of aryl methyl sites for hydroxylation is 2. The summed E-state index contributed by atoms with van der Waals surface area (Å²) < 4.78 is 10.7. The van der Waals surface area contributed by atoms with Crippen molar-refractivity contribution in [3.05, 3.63) is 98.3 Å². The van der Waals surface area contributed by atoms with Crippen LogP contribution in [0.5, 0.6) is 11.5 Å². The number of hydrogen-bond acceptors (Lipinski definition) is 4. The molecule has 3 aromatic carbocycles. The number of ether oxygens (including phenoxy) is 2. The molecule has 0 saturated carbocycles. The summed E-state index contributed by atoms with van der Waals surface area (Å²) in [6, 6.07) is 18.1. The summed E-state index contributed by atoms with van der Waals surface area (Å²) in [5, 5.41) is 4.42. The Morgan fingerprint density at radius 3 is 2.35 bits per heavy atom. The van der Waals surface area contributed by atoms with Crippen LogP contribution in [0.15, 0.2) is 65.5 Å². The quantitative estimate of drug-likeness (QED) is 0.295. The Balaban J connectivity index is 1.62. The normalized spacial score (nSPS) is 10.8. The number of methoxy groups -OCH3 is 2. The number of nitrogens with zero attached hydrogens (tertiary/aromatic N) is 1. The highest BCUT2D eigenvalue weighted by molar-refractivity contribution is 6.30. The van der Waals surface area contributed by atoms with Crippen molar-refractivity contribution in [2.24, 2.45) is 0 Å². The van der Waals surface area contributed by atoms with E-state index in [4.69, 9.17) is 21.1 Å². The van der Waals surface area contributed by atoms with Gasteiger partial charge in [-0.25, -0.2) is 4.79 Å². The number of urea groups is 1. The van der Waals surface area contributed by atoms with Gasteiger partial charge in [-0.1, -0.05) is 17.7 Å². The molecule has 192 valence electrons. The smallest absolute Gasteiger partial charge is 0.322 e. The van der Waals surface area contributed by atoms with Crippen LogP contribution < -0.4 is 20.3 Å². The monoisotopic (exact) mass is 519 g/mol. The number of H-pyrrole nitrogens is 1. The average Bonchev–Trinajstić information content (AvgIpc) is 2.89. The van der Waals surface area contributed by atoms with Crippen LogP contribution in [0.4, 0.5) is 10.5 Å². The van der Waals surface area contributed by atoms with E-state index in [1.54, 1.807) is 43.4 Å². The first-order chi connectivity index (χ1) is 17.8. The number of halogens is 1. The summed E-state index contributed by atoms with van der Waals surface area (Å²) in [4.78, 5) is 30.9. The van der Waals surface area contributed by atoms with Gasteiger partial charge < -0.3 is 24.7 Å². The second-order valence-electron chi connectivity index (χ2n) is 8.95. The average molecular weight is 520 g/mol. The van der Waals surface area contributed by atoms with Gasteiger partial charge in [-0.05, 0) is 96.9 Å². The molecule has 7 nitrogen and oxygen atoms in total. The number of benzene rings is 3. The first-order valence-corrected chi connectivity index (χ1v) is 12.3. The lowest BCUT2D eigenvalue weighted by Crippen LogP contribution is -2.37. The van der Waals surface area contributed by atoms with Crippen molar-refractivity contribution in [1.82, 2.24) is 9.88 Å². The molecule has 37 heavy (non-hydrogen) atoms. The number of aromatic nitrogens is 1. The molecule has 4 rings (SSSR count). The van der Waals surface area contributed by atoms with Crippen LogP contribution in [-0.2, 0) is 13.0 Å². The number of carbonyl (C=O) groups excluding carboxylic acids is 1. The maximum atomic E-state index is 13.3. The number of fused-ring (bicyclic) bond motifs is 1. The largest absolute Gasteiger partial charge is 0.493 e. The number of aromatic amines is 1. The number of anilines is 1. The first-order valence-electron chi connectivity index (χ1n) is 11.9. The van der Waals surface area contributed by atoms with E-state index in [1.807, 2.05) is 50.2 Å². The lowest BCUT2D eigenvalue weighted by Gasteiger charge is -2.23. The van der Waals surface area contributed by atoms with E-state index in [0.29, 0.717) is 40.7 Å². The van der Waals surface area contributed by atoms with E-state index in [1.165, 1.54) is 0 Å². The molecule has 0 fully saturated rings. The highest BCUT2D eigenvalue weighted by atomic mass is 35.5. The van der Waals surface area contributed by atoms with E-state index in [-0.39, 0.29) is 18.1 Å². The van der Waals surface area contributed by atoms with Gasteiger partial charge in [-0.15, -0.1) is 0 Å². The molecular formula is C29H30ClN3O4. The minimum atomic E-state index is -0.317. The van der Waals surface area contributed by atoms with E-state index in [0.717, 1.165) is 27.6 Å². The summed E-state index contributed by atoms with van der Waals surface area (Å²) in [5.41, 5.74) is 4.90. The summed E-state index contributed by atoms with van der Waals surface area (Å²) >= 11 is 5.99. The summed E-state index contributed by atoms with van der Waals surface area (Å²) in [6.07, 6.45) is 0.554. The van der Waals surface area contributed by atoms with E-state index in [9.17, 15) is 9.59 Å². The van der Waals surface area contributed by atoms with Crippen molar-refractivity contribution in [2.45, 2.75) is 26.8 Å². The predicted octanol–water partition coefficient (Wildman–Crippen LogP) is 6.09. The first kappa shape index (κ1) is 26.1. The standard InChI is InChI=1S/C29H30ClN3O4/c1-18-13-21-16-22(28(34)32-25(21)14-19(18)2)17-33(29(35)31-24-8-6-23(30)7-9-24)12-11-20-5-10-26(36-3)27(15-20)37-4/h5-10,13-16H,11-12,17H2,1-4H3,(H,31,35)(H,32,34). The van der Waals surface area contributed by atoms with E-state index >= 15 is 0 Å². The third kappa shape index (κ3) is 6.24. The number of hydrogen-bond donors (Lipinski definition) is 2. The molecule has 0 aliphatic carbocycles. The van der Waals surface area contributed by atoms with Gasteiger partial charge >= 0.3 is 6.03 Å². The molecule has 0 spiro atoms. The molecule has 0 unspecified atom stereocenters. The number of carbonyl (C=O) groups is 1. The molecule has 0 bridgehead atoms. The van der Waals surface area contributed by atoms with Crippen molar-refractivity contribution in [2.75, 3.05) is 26.1 Å². The van der Waals surface area contributed by atoms with Gasteiger partial charge in [0, 0.05) is 28.3 Å². The van der Waals surface area contributed by atoms with Gasteiger partial charge in [0.15, 0.2) is 11.5 Å². The Kier molecular flexibility index (Phi) is 8.04. The second-order valence-corrected chi connectivity index (χ2v) is 9.38. The van der Waals surface area contributed by atoms with Crippen LogP contribution in [0.3, 0.4) is 0 Å². The maximum Gasteiger partial charge on any atom is 0.322 e. The zero-order chi connectivity index (χ0) is 26.5. The van der Waals surface area contributed by atoms with E-state index < -0.39 is 0 Å². The molecule has 1 heterocycles. The van der Waals surface area contributed by atoms with Crippen molar-refractivity contribution in [1.29, 1.82) is 0 Å². The van der Waals surface area contributed by atoms with Gasteiger partial charge in [-0.3, -0.25) is 4.79 Å². The van der Waals surface area contributed by atoms with Crippen LogP contribution in [0.25, 0.3) is 10.9 Å². The van der Waals surface area contributed by atoms with Crippen molar-refractivity contribution in [3.63, 3.8) is 0 Å². The topological polar surface area (TPSA) is 83.7 Å². The Labute approximate surface area is 221 Å². The fourth-order valence-corrected chi connectivity index (χ4v) is 4.26. The number of nitrogens with one attached hydrogen (secondary N) is 2. The van der Waals surface area contributed by atoms with Crippen LogP contribution in [-0.4, -0.2) is 36.7 Å². The Morgan fingerprint density at radius 2 is 1.65 bits per heavy atom. The maximum absolute atomic E-state index is 13.3. The van der Waals surface area contributed by atoms with Crippen LogP contribution >= 0.6 is 11.6 Å². The zero-order valence-electron chi connectivity index (χ0n) is 21.4. The van der Waals surface area contributed by atoms with Gasteiger partial charge in [0.25, 0.3) is 5.56 Å². The highest BCUT2D eigenvalue weighted by Gasteiger charge is 2.18. The molecule has 0 radical (unpaired) electrons. The highest BCUT2D eigenvalue weighted by Crippen LogP contribution is 2.28. The number of amides is 2. The number of pyridine rings is 1. The second kappa shape index (κ2) is 11.4.